The van der Waals surface area contributed by atoms with E-state index in [1.165, 1.54) is 30.2 Å². The summed E-state index contributed by atoms with van der Waals surface area (Å²) in [6, 6.07) is 1.82. The van der Waals surface area contributed by atoms with E-state index < -0.39 is 0 Å². The van der Waals surface area contributed by atoms with Crippen LogP contribution in [0.25, 0.3) is 10.2 Å². The van der Waals surface area contributed by atoms with Crippen LogP contribution in [0.15, 0.2) is 36.4 Å². The average molecular weight is 391 g/mol. The lowest BCUT2D eigenvalue weighted by Crippen LogP contribution is -2.14. The first-order chi connectivity index (χ1) is 13.0. The van der Waals surface area contributed by atoms with Gasteiger partial charge >= 0.3 is 0 Å². The van der Waals surface area contributed by atoms with Crippen LogP contribution in [0, 0.1) is 5.41 Å². The second-order valence-corrected chi connectivity index (χ2v) is 6.28. The van der Waals surface area contributed by atoms with Gasteiger partial charge in [-0.2, -0.15) is 0 Å². The number of hydrogen-bond acceptors (Lipinski definition) is 7. The van der Waals surface area contributed by atoms with Crippen LogP contribution in [-0.2, 0) is 0 Å². The number of aromatic nitrogens is 2. The largest absolute Gasteiger partial charge is 0.403 e. The molecule has 0 spiro atoms. The van der Waals surface area contributed by atoms with Crippen molar-refractivity contribution in [3.05, 3.63) is 41.3 Å². The van der Waals surface area contributed by atoms with Crippen LogP contribution in [0.2, 0.25) is 0 Å². The Morgan fingerprint density at radius 2 is 1.96 bits per heavy atom. The molecule has 0 saturated carbocycles. The number of nitrogens with zero attached hydrogens (tertiary/aromatic N) is 4. The second-order valence-electron chi connectivity index (χ2n) is 5.22. The van der Waals surface area contributed by atoms with Crippen LogP contribution >= 0.6 is 11.3 Å². The van der Waals surface area contributed by atoms with E-state index in [2.05, 4.69) is 16.9 Å². The highest BCUT2D eigenvalue weighted by Gasteiger charge is 2.08. The van der Waals surface area contributed by atoms with Gasteiger partial charge in [0.25, 0.3) is 0 Å². The molecule has 2 aromatic rings. The quantitative estimate of drug-likeness (QED) is 0.336. The lowest BCUT2D eigenvalue weighted by atomic mass is 10.3. The Balaban J connectivity index is 0.000000473. The highest BCUT2D eigenvalue weighted by Crippen LogP contribution is 2.28. The van der Waals surface area contributed by atoms with Crippen molar-refractivity contribution in [2.75, 3.05) is 26.0 Å². The van der Waals surface area contributed by atoms with Gasteiger partial charge in [-0.1, -0.05) is 26.8 Å². The predicted octanol–water partition coefficient (Wildman–Crippen LogP) is 3.89. The molecule has 0 aliphatic rings. The number of aldehydes is 1. The Labute approximate surface area is 165 Å². The number of nitrogens with one attached hydrogen (secondary N) is 1. The molecule has 0 aliphatic heterocycles. The number of anilines is 1. The van der Waals surface area contributed by atoms with Crippen LogP contribution in [0.4, 0.5) is 5.82 Å². The molecule has 2 heterocycles. The number of fused-ring (bicyclic) bond motifs is 1. The van der Waals surface area contributed by atoms with E-state index in [1.807, 2.05) is 51.1 Å². The van der Waals surface area contributed by atoms with Gasteiger partial charge in [0.15, 0.2) is 6.29 Å². The fourth-order valence-electron chi connectivity index (χ4n) is 1.88. The zero-order valence-electron chi connectivity index (χ0n) is 16.9. The molecule has 2 aromatic heterocycles. The highest BCUT2D eigenvalue weighted by atomic mass is 32.1. The first kappa shape index (κ1) is 24.3. The standard InChI is InChI=1S/C9H9N3OS.C8H15N3.C2H6/c1-12(2)8-7-3-6(4-13)14-9(7)11-5-10-8;1-3-4-5-8(6-9)11(2)7-10;1-2/h3-5H,1-2H3;4-7,10H,3,9H2,1-2H3;1-2H3/b;5-4-,8-6+,10-7?;. The van der Waals surface area contributed by atoms with Crippen LogP contribution in [0.1, 0.15) is 36.9 Å². The number of hydrogen-bond donors (Lipinski definition) is 2. The summed E-state index contributed by atoms with van der Waals surface area (Å²) >= 11 is 1.38. The molecule has 0 fully saturated rings. The summed E-state index contributed by atoms with van der Waals surface area (Å²) in [6.45, 7) is 6.05. The van der Waals surface area contributed by atoms with E-state index >= 15 is 0 Å². The molecule has 8 heteroatoms. The summed E-state index contributed by atoms with van der Waals surface area (Å²) in [5.41, 5.74) is 6.17. The molecule has 148 valence electrons. The third kappa shape index (κ3) is 7.57. The maximum Gasteiger partial charge on any atom is 0.160 e. The fourth-order valence-corrected chi connectivity index (χ4v) is 2.69. The minimum atomic E-state index is 0.684. The van der Waals surface area contributed by atoms with Crippen molar-refractivity contribution in [3.63, 3.8) is 0 Å². The Hall–Kier alpha value is -2.74. The van der Waals surface area contributed by atoms with E-state index in [4.69, 9.17) is 11.1 Å². The third-order valence-electron chi connectivity index (χ3n) is 3.16. The van der Waals surface area contributed by atoms with Crippen LogP contribution < -0.4 is 10.6 Å². The minimum Gasteiger partial charge on any atom is -0.403 e. The van der Waals surface area contributed by atoms with Crippen molar-refractivity contribution in [1.82, 2.24) is 14.9 Å². The van der Waals surface area contributed by atoms with Gasteiger partial charge in [0.2, 0.25) is 0 Å². The van der Waals surface area contributed by atoms with Gasteiger partial charge in [-0.05, 0) is 18.6 Å². The van der Waals surface area contributed by atoms with E-state index in [0.29, 0.717) is 4.88 Å². The molecular formula is C19H30N6OS. The number of carbonyl (C=O) groups excluding carboxylic acids is 1. The average Bonchev–Trinajstić information content (AvgIpc) is 3.13. The molecule has 3 N–H and O–H groups in total. The van der Waals surface area contributed by atoms with Crippen LogP contribution in [0.5, 0.6) is 0 Å². The maximum atomic E-state index is 10.6. The summed E-state index contributed by atoms with van der Waals surface area (Å²) < 4.78 is 0. The Morgan fingerprint density at radius 3 is 2.44 bits per heavy atom. The molecule has 0 saturated heterocycles. The number of allylic oxidation sites excluding steroid dienone is 2. The molecule has 0 amide bonds. The van der Waals surface area contributed by atoms with Gasteiger partial charge in [-0.3, -0.25) is 10.2 Å². The molecule has 0 aromatic carbocycles. The summed E-state index contributed by atoms with van der Waals surface area (Å²) in [6.07, 6.45) is 9.93. The van der Waals surface area contributed by atoms with E-state index in [1.54, 1.807) is 11.9 Å². The van der Waals surface area contributed by atoms with Gasteiger partial charge in [-0.25, -0.2) is 9.97 Å². The smallest absolute Gasteiger partial charge is 0.160 e. The Bertz CT molecular complexity index is 767. The fraction of sp³-hybridized carbons (Fsp3) is 0.368. The maximum absolute atomic E-state index is 10.6. The molecule has 0 bridgehead atoms. The molecular weight excluding hydrogens is 360 g/mol. The van der Waals surface area contributed by atoms with Gasteiger partial charge in [0, 0.05) is 27.3 Å². The van der Waals surface area contributed by atoms with E-state index in [0.717, 1.165) is 34.4 Å². The van der Waals surface area contributed by atoms with Crippen molar-refractivity contribution < 1.29 is 4.79 Å². The number of likely N-dealkylation sites (N-methyl/N-ethyl adjacent to an activating group) is 1. The van der Waals surface area contributed by atoms with E-state index in [9.17, 15) is 4.79 Å². The Kier molecular flexibility index (Phi) is 12.1. The third-order valence-corrected chi connectivity index (χ3v) is 4.13. The highest BCUT2D eigenvalue weighted by molar-refractivity contribution is 7.20. The number of nitrogens with two attached hydrogens (primary N) is 1. The SMILES string of the molecule is CC.CC/C=C\C(=C/N)N(C)C=N.CN(C)c1ncnc2sc(C=O)cc12. The molecule has 0 aliphatic carbocycles. The van der Waals surface area contributed by atoms with Gasteiger partial charge in [0.05, 0.1) is 22.3 Å². The van der Waals surface area contributed by atoms with Crippen molar-refractivity contribution in [1.29, 1.82) is 5.41 Å². The summed E-state index contributed by atoms with van der Waals surface area (Å²) in [4.78, 5) is 24.0. The topological polar surface area (TPSA) is 99.2 Å². The van der Waals surface area contributed by atoms with Crippen molar-refractivity contribution in [2.45, 2.75) is 27.2 Å². The zero-order valence-corrected chi connectivity index (χ0v) is 17.7. The minimum absolute atomic E-state index is 0.684. The molecule has 0 radical (unpaired) electrons. The van der Waals surface area contributed by atoms with Crippen LogP contribution in [-0.4, -0.2) is 48.6 Å². The summed E-state index contributed by atoms with van der Waals surface area (Å²) in [5.74, 6) is 0.847. The van der Waals surface area contributed by atoms with Crippen molar-refractivity contribution in [3.8, 4) is 0 Å². The molecule has 0 unspecified atom stereocenters. The molecule has 2 rings (SSSR count). The van der Waals surface area contributed by atoms with Gasteiger partial charge < -0.3 is 15.5 Å². The first-order valence-corrected chi connectivity index (χ1v) is 9.49. The lowest BCUT2D eigenvalue weighted by Gasteiger charge is -2.11. The van der Waals surface area contributed by atoms with Gasteiger partial charge in [-0.15, -0.1) is 11.3 Å². The number of carbonyl (C=O) groups is 1. The number of thiophene rings is 1. The first-order valence-electron chi connectivity index (χ1n) is 8.67. The number of rotatable bonds is 6. The monoisotopic (exact) mass is 390 g/mol. The van der Waals surface area contributed by atoms with Crippen LogP contribution in [0.3, 0.4) is 0 Å². The second kappa shape index (κ2) is 13.5. The molecule has 7 nitrogen and oxygen atoms in total. The zero-order chi connectivity index (χ0) is 20.8. The lowest BCUT2D eigenvalue weighted by molar-refractivity contribution is 0.112. The summed E-state index contributed by atoms with van der Waals surface area (Å²) in [7, 11) is 5.62. The summed E-state index contributed by atoms with van der Waals surface area (Å²) in [5, 5.41) is 7.88. The Morgan fingerprint density at radius 1 is 1.30 bits per heavy atom. The van der Waals surface area contributed by atoms with E-state index in [-0.39, 0.29) is 0 Å². The van der Waals surface area contributed by atoms with Crippen molar-refractivity contribution >= 4 is 40.0 Å². The molecule has 27 heavy (non-hydrogen) atoms. The predicted molar refractivity (Wildman–Crippen MR) is 117 cm³/mol. The van der Waals surface area contributed by atoms with Crippen molar-refractivity contribution in [2.24, 2.45) is 5.73 Å². The van der Waals surface area contributed by atoms with Gasteiger partial charge in [0.1, 0.15) is 17.0 Å². The molecule has 0 atom stereocenters. The normalized spacial score (nSPS) is 10.5.